The van der Waals surface area contributed by atoms with Crippen molar-refractivity contribution in [3.8, 4) is 5.75 Å². The summed E-state index contributed by atoms with van der Waals surface area (Å²) in [6.07, 6.45) is 10.9. The Morgan fingerprint density at radius 3 is 2.81 bits per heavy atom. The van der Waals surface area contributed by atoms with Crippen molar-refractivity contribution in [2.75, 3.05) is 26.7 Å². The molecule has 21 heavy (non-hydrogen) atoms. The van der Waals surface area contributed by atoms with Gasteiger partial charge in [0.15, 0.2) is 0 Å². The third kappa shape index (κ3) is 3.79. The molecule has 1 saturated heterocycles. The number of hydrogen-bond acceptors (Lipinski definition) is 2. The zero-order valence-corrected chi connectivity index (χ0v) is 13.4. The molecule has 1 aliphatic carbocycles. The number of likely N-dealkylation sites (tertiary alicyclic amines) is 1. The number of fused-ring (bicyclic) bond motifs is 1. The minimum absolute atomic E-state index is 0.758. The van der Waals surface area contributed by atoms with Gasteiger partial charge in [-0.05, 0) is 93.8 Å². The lowest BCUT2D eigenvalue weighted by molar-refractivity contribution is 0.222. The highest BCUT2D eigenvalue weighted by atomic mass is 16.5. The molecule has 0 radical (unpaired) electrons. The van der Waals surface area contributed by atoms with Crippen LogP contribution in [0.1, 0.15) is 62.0 Å². The maximum Gasteiger partial charge on any atom is 0.119 e. The molecular weight excluding hydrogens is 258 g/mol. The summed E-state index contributed by atoms with van der Waals surface area (Å²) in [4.78, 5) is 2.67. The van der Waals surface area contributed by atoms with Crippen LogP contribution in [0.15, 0.2) is 18.2 Å². The first-order chi connectivity index (χ1) is 10.4. The summed E-state index contributed by atoms with van der Waals surface area (Å²) in [5.41, 5.74) is 3.13. The summed E-state index contributed by atoms with van der Waals surface area (Å²) in [5, 5.41) is 0. The summed E-state index contributed by atoms with van der Waals surface area (Å²) < 4.78 is 5.42. The third-order valence-corrected chi connectivity index (χ3v) is 5.27. The molecular formula is C19H29NO. The summed E-state index contributed by atoms with van der Waals surface area (Å²) in [6.45, 7) is 3.96. The minimum atomic E-state index is 0.758. The van der Waals surface area contributed by atoms with Crippen LogP contribution in [0.3, 0.4) is 0 Å². The van der Waals surface area contributed by atoms with Gasteiger partial charge in [0.1, 0.15) is 5.75 Å². The molecule has 3 rings (SSSR count). The minimum Gasteiger partial charge on any atom is -0.497 e. The van der Waals surface area contributed by atoms with Gasteiger partial charge in [0.05, 0.1) is 7.11 Å². The molecule has 0 unspecified atom stereocenters. The number of nitrogens with zero attached hydrogens (tertiary/aromatic N) is 1. The number of benzene rings is 1. The molecule has 2 aliphatic rings. The van der Waals surface area contributed by atoms with Gasteiger partial charge in [-0.25, -0.2) is 0 Å². The van der Waals surface area contributed by atoms with E-state index in [-0.39, 0.29) is 0 Å². The molecule has 1 atom stereocenters. The molecule has 0 spiro atoms. The predicted octanol–water partition coefficient (Wildman–Crippen LogP) is 4.38. The van der Waals surface area contributed by atoms with Crippen molar-refractivity contribution in [3.05, 3.63) is 29.3 Å². The summed E-state index contributed by atoms with van der Waals surface area (Å²) in [6, 6.07) is 6.69. The van der Waals surface area contributed by atoms with Gasteiger partial charge in [-0.1, -0.05) is 12.5 Å². The van der Waals surface area contributed by atoms with E-state index in [4.69, 9.17) is 4.74 Å². The average Bonchev–Trinajstić information content (AvgIpc) is 2.55. The molecule has 0 bridgehead atoms. The number of hydrogen-bond donors (Lipinski definition) is 0. The molecule has 1 fully saturated rings. The topological polar surface area (TPSA) is 12.5 Å². The van der Waals surface area contributed by atoms with E-state index < -0.39 is 0 Å². The first kappa shape index (κ1) is 14.9. The van der Waals surface area contributed by atoms with Crippen molar-refractivity contribution in [2.45, 2.75) is 57.3 Å². The normalized spacial score (nSPS) is 22.8. The Kier molecular flexibility index (Phi) is 5.18. The maximum atomic E-state index is 5.42. The van der Waals surface area contributed by atoms with E-state index in [0.717, 1.165) is 11.7 Å². The van der Waals surface area contributed by atoms with Crippen LogP contribution >= 0.6 is 0 Å². The molecule has 1 aliphatic heterocycles. The zero-order valence-electron chi connectivity index (χ0n) is 13.4. The molecule has 2 heteroatoms. The first-order valence-electron chi connectivity index (χ1n) is 8.76. The van der Waals surface area contributed by atoms with Crippen molar-refractivity contribution < 1.29 is 4.74 Å². The highest BCUT2D eigenvalue weighted by Gasteiger charge is 2.21. The molecule has 0 saturated carbocycles. The Balaban J connectivity index is 1.56. The van der Waals surface area contributed by atoms with E-state index in [0.29, 0.717) is 0 Å². The second-order valence-corrected chi connectivity index (χ2v) is 6.70. The standard InChI is InChI=1S/C19H29NO/c1-21-18-11-10-17-8-5-7-16(19(17)15-18)9-6-14-20-12-3-2-4-13-20/h10-11,15-16H,2-9,12-14H2,1H3/t16-/m1/s1. The van der Waals surface area contributed by atoms with Gasteiger partial charge in [-0.3, -0.25) is 0 Å². The van der Waals surface area contributed by atoms with Crippen LogP contribution in [-0.2, 0) is 6.42 Å². The van der Waals surface area contributed by atoms with Crippen LogP contribution in [0.4, 0.5) is 0 Å². The van der Waals surface area contributed by atoms with E-state index in [1.807, 2.05) is 0 Å². The largest absolute Gasteiger partial charge is 0.497 e. The maximum absolute atomic E-state index is 5.42. The fourth-order valence-corrected chi connectivity index (χ4v) is 4.05. The lowest BCUT2D eigenvalue weighted by Gasteiger charge is -2.29. The zero-order chi connectivity index (χ0) is 14.5. The smallest absolute Gasteiger partial charge is 0.119 e. The van der Waals surface area contributed by atoms with E-state index in [9.17, 15) is 0 Å². The number of aryl methyl sites for hydroxylation is 1. The predicted molar refractivity (Wildman–Crippen MR) is 88.2 cm³/mol. The summed E-state index contributed by atoms with van der Waals surface area (Å²) in [5.74, 6) is 1.78. The van der Waals surface area contributed by atoms with Gasteiger partial charge in [-0.15, -0.1) is 0 Å². The van der Waals surface area contributed by atoms with Crippen molar-refractivity contribution in [2.24, 2.45) is 0 Å². The monoisotopic (exact) mass is 287 g/mol. The molecule has 0 amide bonds. The van der Waals surface area contributed by atoms with Gasteiger partial charge >= 0.3 is 0 Å². The second-order valence-electron chi connectivity index (χ2n) is 6.70. The average molecular weight is 287 g/mol. The quantitative estimate of drug-likeness (QED) is 0.797. The van der Waals surface area contributed by atoms with Crippen molar-refractivity contribution in [3.63, 3.8) is 0 Å². The van der Waals surface area contributed by atoms with Gasteiger partial charge in [0.25, 0.3) is 0 Å². The highest BCUT2D eigenvalue weighted by Crippen LogP contribution is 2.36. The van der Waals surface area contributed by atoms with Crippen LogP contribution in [0, 0.1) is 0 Å². The SMILES string of the molecule is COc1ccc2c(c1)[C@@H](CCCN1CCCCC1)CCC2. The van der Waals surface area contributed by atoms with Crippen molar-refractivity contribution in [1.82, 2.24) is 4.90 Å². The van der Waals surface area contributed by atoms with E-state index in [1.165, 1.54) is 71.0 Å². The Morgan fingerprint density at radius 2 is 2.00 bits per heavy atom. The van der Waals surface area contributed by atoms with E-state index in [2.05, 4.69) is 23.1 Å². The molecule has 1 aromatic carbocycles. The lowest BCUT2D eigenvalue weighted by Crippen LogP contribution is -2.30. The van der Waals surface area contributed by atoms with Gasteiger partial charge in [-0.2, -0.15) is 0 Å². The Morgan fingerprint density at radius 1 is 1.14 bits per heavy atom. The number of methoxy groups -OCH3 is 1. The van der Waals surface area contributed by atoms with Crippen LogP contribution in [0.2, 0.25) is 0 Å². The summed E-state index contributed by atoms with van der Waals surface area (Å²) in [7, 11) is 1.77. The van der Waals surface area contributed by atoms with Crippen LogP contribution in [-0.4, -0.2) is 31.6 Å². The highest BCUT2D eigenvalue weighted by molar-refractivity contribution is 5.39. The van der Waals surface area contributed by atoms with Crippen LogP contribution in [0.5, 0.6) is 5.75 Å². The second kappa shape index (κ2) is 7.31. The van der Waals surface area contributed by atoms with E-state index >= 15 is 0 Å². The van der Waals surface area contributed by atoms with Gasteiger partial charge in [0, 0.05) is 0 Å². The lowest BCUT2D eigenvalue weighted by atomic mass is 9.80. The summed E-state index contributed by atoms with van der Waals surface area (Å²) >= 11 is 0. The number of ether oxygens (including phenoxy) is 1. The van der Waals surface area contributed by atoms with Crippen molar-refractivity contribution >= 4 is 0 Å². The Hall–Kier alpha value is -1.02. The van der Waals surface area contributed by atoms with Crippen molar-refractivity contribution in [1.29, 1.82) is 0 Å². The molecule has 116 valence electrons. The number of piperidine rings is 1. The Bertz CT molecular complexity index is 451. The first-order valence-corrected chi connectivity index (χ1v) is 8.76. The van der Waals surface area contributed by atoms with Gasteiger partial charge < -0.3 is 9.64 Å². The van der Waals surface area contributed by atoms with Crippen LogP contribution < -0.4 is 4.74 Å². The fourth-order valence-electron chi connectivity index (χ4n) is 4.05. The third-order valence-electron chi connectivity index (χ3n) is 5.27. The Labute approximate surface area is 129 Å². The molecule has 0 aromatic heterocycles. The molecule has 0 N–H and O–H groups in total. The fraction of sp³-hybridized carbons (Fsp3) is 0.684. The number of rotatable bonds is 5. The van der Waals surface area contributed by atoms with Gasteiger partial charge in [0.2, 0.25) is 0 Å². The molecule has 2 nitrogen and oxygen atoms in total. The molecule has 1 heterocycles. The molecule has 1 aromatic rings. The van der Waals surface area contributed by atoms with E-state index in [1.54, 1.807) is 18.2 Å². The van der Waals surface area contributed by atoms with Crippen LogP contribution in [0.25, 0.3) is 0 Å².